The second-order valence-corrected chi connectivity index (χ2v) is 7.89. The first-order chi connectivity index (χ1) is 14.5. The number of nitrogens with zero attached hydrogens (tertiary/aromatic N) is 3. The van der Waals surface area contributed by atoms with Crippen LogP contribution in [0.1, 0.15) is 33.6 Å². The Morgan fingerprint density at radius 3 is 2.37 bits per heavy atom. The highest BCUT2D eigenvalue weighted by Gasteiger charge is 2.34. The molecule has 1 aliphatic rings. The Hall–Kier alpha value is -3.39. The van der Waals surface area contributed by atoms with Gasteiger partial charge in [0.15, 0.2) is 5.16 Å². The molecule has 1 aromatic heterocycles. The van der Waals surface area contributed by atoms with Crippen LogP contribution in [0.15, 0.2) is 71.0 Å². The van der Waals surface area contributed by atoms with Crippen LogP contribution in [-0.4, -0.2) is 38.7 Å². The number of rotatable bonds is 7. The summed E-state index contributed by atoms with van der Waals surface area (Å²) < 4.78 is 1.91. The number of aryl methyl sites for hydroxylation is 1. The molecule has 1 N–H and O–H groups in total. The molecule has 0 saturated carbocycles. The van der Waals surface area contributed by atoms with Gasteiger partial charge in [-0.25, -0.2) is 4.98 Å². The number of imidazole rings is 1. The van der Waals surface area contributed by atoms with Crippen LogP contribution in [0.2, 0.25) is 0 Å². The van der Waals surface area contributed by atoms with Gasteiger partial charge >= 0.3 is 0 Å². The third-order valence-corrected chi connectivity index (χ3v) is 5.95. The lowest BCUT2D eigenvalue weighted by atomic mass is 10.1. The summed E-state index contributed by atoms with van der Waals surface area (Å²) in [5.74, 6) is -0.764. The Balaban J connectivity index is 1.34. The van der Waals surface area contributed by atoms with Crippen molar-refractivity contribution in [1.29, 1.82) is 0 Å². The van der Waals surface area contributed by atoms with E-state index in [-0.39, 0.29) is 30.7 Å². The molecule has 4 rings (SSSR count). The minimum atomic E-state index is -0.298. The molecule has 0 fully saturated rings. The predicted molar refractivity (Wildman–Crippen MR) is 113 cm³/mol. The molecular weight excluding hydrogens is 400 g/mol. The zero-order valence-electron chi connectivity index (χ0n) is 16.4. The number of fused-ring (bicyclic) bond motifs is 1. The fraction of sp³-hybridized carbons (Fsp3) is 0.182. The summed E-state index contributed by atoms with van der Waals surface area (Å²) in [6, 6.07) is 14.3. The number of imide groups is 1. The highest BCUT2D eigenvalue weighted by molar-refractivity contribution is 7.99. The van der Waals surface area contributed by atoms with Gasteiger partial charge in [-0.3, -0.25) is 19.3 Å². The summed E-state index contributed by atoms with van der Waals surface area (Å²) in [6.07, 6.45) is 4.19. The van der Waals surface area contributed by atoms with Gasteiger partial charge in [-0.15, -0.1) is 0 Å². The predicted octanol–water partition coefficient (Wildman–Crippen LogP) is 3.59. The van der Waals surface area contributed by atoms with Crippen LogP contribution in [-0.2, 0) is 11.8 Å². The van der Waals surface area contributed by atoms with Crippen LogP contribution >= 0.6 is 11.8 Å². The Morgan fingerprint density at radius 1 is 1.03 bits per heavy atom. The third-order valence-electron chi connectivity index (χ3n) is 4.80. The van der Waals surface area contributed by atoms with E-state index in [4.69, 9.17) is 0 Å². The first-order valence-corrected chi connectivity index (χ1v) is 10.4. The van der Waals surface area contributed by atoms with E-state index in [0.717, 1.165) is 10.1 Å². The normalized spacial score (nSPS) is 12.9. The van der Waals surface area contributed by atoms with Crippen molar-refractivity contribution in [3.8, 4) is 0 Å². The molecule has 0 atom stereocenters. The van der Waals surface area contributed by atoms with Gasteiger partial charge in [0.05, 0.1) is 16.8 Å². The van der Waals surface area contributed by atoms with Gasteiger partial charge in [0.25, 0.3) is 11.8 Å². The number of hydrogen-bond donors (Lipinski definition) is 1. The first-order valence-electron chi connectivity index (χ1n) is 9.54. The van der Waals surface area contributed by atoms with Gasteiger partial charge in [0.1, 0.15) is 0 Å². The molecule has 8 heteroatoms. The molecule has 152 valence electrons. The lowest BCUT2D eigenvalue weighted by molar-refractivity contribution is -0.116. The summed E-state index contributed by atoms with van der Waals surface area (Å²) in [7, 11) is 1.91. The van der Waals surface area contributed by atoms with E-state index in [1.807, 2.05) is 42.1 Å². The number of anilines is 1. The molecule has 1 aliphatic heterocycles. The lowest BCUT2D eigenvalue weighted by Crippen LogP contribution is -2.31. The number of hydrogen-bond acceptors (Lipinski definition) is 5. The third kappa shape index (κ3) is 3.99. The Labute approximate surface area is 178 Å². The smallest absolute Gasteiger partial charge is 0.261 e. The standard InChI is InChI=1S/C22H20N4O3S/c1-25-14-12-23-22(25)30-18-10-5-4-9-17(18)24-19(27)11-6-13-26-20(28)15-7-2-3-8-16(15)21(26)29/h2-5,7-10,12,14H,6,11,13H2,1H3,(H,24,27). The molecule has 3 amide bonds. The summed E-state index contributed by atoms with van der Waals surface area (Å²) in [5, 5.41) is 3.74. The van der Waals surface area contributed by atoms with E-state index in [0.29, 0.717) is 23.2 Å². The molecule has 2 aromatic carbocycles. The maximum atomic E-state index is 12.5. The van der Waals surface area contributed by atoms with Gasteiger partial charge in [-0.05, 0) is 42.4 Å². The summed E-state index contributed by atoms with van der Waals surface area (Å²) in [4.78, 5) is 43.6. The van der Waals surface area contributed by atoms with E-state index < -0.39 is 0 Å². The SMILES string of the molecule is Cn1ccnc1Sc1ccccc1NC(=O)CCCN1C(=O)c2ccccc2C1=O. The number of amides is 3. The zero-order valence-corrected chi connectivity index (χ0v) is 17.2. The first kappa shape index (κ1) is 19.9. The molecule has 0 saturated heterocycles. The van der Waals surface area contributed by atoms with Gasteiger partial charge in [-0.2, -0.15) is 0 Å². The van der Waals surface area contributed by atoms with Gasteiger partial charge in [0.2, 0.25) is 5.91 Å². The van der Waals surface area contributed by atoms with Gasteiger partial charge < -0.3 is 9.88 Å². The largest absolute Gasteiger partial charge is 0.329 e. The van der Waals surface area contributed by atoms with Crippen molar-refractivity contribution in [2.24, 2.45) is 7.05 Å². The number of carbonyl (C=O) groups excluding carboxylic acids is 3. The molecular formula is C22H20N4O3S. The van der Waals surface area contributed by atoms with E-state index >= 15 is 0 Å². The van der Waals surface area contributed by atoms with Crippen LogP contribution in [0.25, 0.3) is 0 Å². The Kier molecular flexibility index (Phi) is 5.67. The Bertz CT molecular complexity index is 1090. The molecule has 0 spiro atoms. The molecule has 3 aromatic rings. The monoisotopic (exact) mass is 420 g/mol. The van der Waals surface area contributed by atoms with E-state index in [1.165, 1.54) is 16.7 Å². The fourth-order valence-corrected chi connectivity index (χ4v) is 4.15. The summed E-state index contributed by atoms with van der Waals surface area (Å²) >= 11 is 1.47. The van der Waals surface area contributed by atoms with Crippen molar-refractivity contribution in [3.05, 3.63) is 72.1 Å². The molecule has 0 radical (unpaired) electrons. The maximum absolute atomic E-state index is 12.5. The van der Waals surface area contributed by atoms with Crippen molar-refractivity contribution < 1.29 is 14.4 Å². The van der Waals surface area contributed by atoms with E-state index in [9.17, 15) is 14.4 Å². The zero-order chi connectivity index (χ0) is 21.1. The highest BCUT2D eigenvalue weighted by atomic mass is 32.2. The van der Waals surface area contributed by atoms with Crippen LogP contribution in [0.5, 0.6) is 0 Å². The molecule has 7 nitrogen and oxygen atoms in total. The van der Waals surface area contributed by atoms with Gasteiger partial charge in [0, 0.05) is 37.3 Å². The molecule has 30 heavy (non-hydrogen) atoms. The minimum Gasteiger partial charge on any atom is -0.329 e. The Morgan fingerprint density at radius 2 is 1.70 bits per heavy atom. The molecule has 0 bridgehead atoms. The van der Waals surface area contributed by atoms with Crippen molar-refractivity contribution >= 4 is 35.2 Å². The number of carbonyl (C=O) groups is 3. The average Bonchev–Trinajstić information content (AvgIpc) is 3.26. The topological polar surface area (TPSA) is 84.3 Å². The van der Waals surface area contributed by atoms with E-state index in [2.05, 4.69) is 10.3 Å². The minimum absolute atomic E-state index is 0.167. The number of benzene rings is 2. The van der Waals surface area contributed by atoms with Crippen LogP contribution in [0.4, 0.5) is 5.69 Å². The summed E-state index contributed by atoms with van der Waals surface area (Å²) in [5.41, 5.74) is 1.55. The molecule has 2 heterocycles. The highest BCUT2D eigenvalue weighted by Crippen LogP contribution is 2.32. The van der Waals surface area contributed by atoms with Crippen molar-refractivity contribution in [2.45, 2.75) is 22.9 Å². The van der Waals surface area contributed by atoms with E-state index in [1.54, 1.807) is 30.5 Å². The number of nitrogens with one attached hydrogen (secondary N) is 1. The fourth-order valence-electron chi connectivity index (χ4n) is 3.26. The molecule has 0 unspecified atom stereocenters. The maximum Gasteiger partial charge on any atom is 0.261 e. The second-order valence-electron chi connectivity index (χ2n) is 6.88. The van der Waals surface area contributed by atoms with Crippen molar-refractivity contribution in [3.63, 3.8) is 0 Å². The summed E-state index contributed by atoms with van der Waals surface area (Å²) in [6.45, 7) is 0.212. The second kappa shape index (κ2) is 8.54. The quantitative estimate of drug-likeness (QED) is 0.591. The lowest BCUT2D eigenvalue weighted by Gasteiger charge is -2.14. The number of para-hydroxylation sites is 1. The van der Waals surface area contributed by atoms with Crippen molar-refractivity contribution in [1.82, 2.24) is 14.5 Å². The number of aromatic nitrogens is 2. The van der Waals surface area contributed by atoms with Crippen LogP contribution in [0, 0.1) is 0 Å². The molecule has 0 aliphatic carbocycles. The van der Waals surface area contributed by atoms with Crippen molar-refractivity contribution in [2.75, 3.05) is 11.9 Å². The average molecular weight is 420 g/mol. The van der Waals surface area contributed by atoms with Crippen LogP contribution < -0.4 is 5.32 Å². The van der Waals surface area contributed by atoms with Gasteiger partial charge in [-0.1, -0.05) is 24.3 Å². The van der Waals surface area contributed by atoms with Crippen LogP contribution in [0.3, 0.4) is 0 Å².